The fourth-order valence-corrected chi connectivity index (χ4v) is 5.97. The summed E-state index contributed by atoms with van der Waals surface area (Å²) >= 11 is 0. The zero-order chi connectivity index (χ0) is 31.0. The Morgan fingerprint density at radius 2 is 0.489 bits per heavy atom. The lowest BCUT2D eigenvalue weighted by Gasteiger charge is -2.26. The molecule has 0 heterocycles. The van der Waals surface area contributed by atoms with Gasteiger partial charge in [0.15, 0.2) is 0 Å². The van der Waals surface area contributed by atoms with Gasteiger partial charge in [-0.05, 0) is 71.4 Å². The van der Waals surface area contributed by atoms with E-state index in [2.05, 4.69) is 216 Å². The van der Waals surface area contributed by atoms with E-state index in [1.807, 2.05) is 0 Å². The predicted octanol–water partition coefficient (Wildman–Crippen LogP) is 11.8. The average Bonchev–Trinajstić information content (AvgIpc) is 3.14. The summed E-state index contributed by atoms with van der Waals surface area (Å²) in [6.07, 6.45) is 0. The monoisotopic (exact) mass is 608 g/mol. The Balaban J connectivity index is 0.000000161. The Kier molecular flexibility index (Phi) is 9.68. The summed E-state index contributed by atoms with van der Waals surface area (Å²) in [6, 6.07) is 72.0. The van der Waals surface area contributed by atoms with E-state index >= 15 is 0 Å². The van der Waals surface area contributed by atoms with Crippen LogP contribution in [0.25, 0.3) is 21.5 Å². The second-order valence-corrected chi connectivity index (χ2v) is 11.0. The topological polar surface area (TPSA) is 38.0 Å². The molecule has 8 aromatic carbocycles. The number of rotatable bonds is 6. The second-order valence-electron chi connectivity index (χ2n) is 11.0. The van der Waals surface area contributed by atoms with Crippen LogP contribution in [0.2, 0.25) is 0 Å². The number of anilines is 6. The lowest BCUT2D eigenvalue weighted by molar-refractivity contribution is 0.824. The minimum absolute atomic E-state index is 0. The quantitative estimate of drug-likeness (QED) is 0.188. The van der Waals surface area contributed by atoms with E-state index in [1.165, 1.54) is 32.9 Å². The van der Waals surface area contributed by atoms with Crippen molar-refractivity contribution in [1.82, 2.24) is 0 Å². The van der Waals surface area contributed by atoms with Crippen LogP contribution in [0.4, 0.5) is 34.1 Å². The minimum Gasteiger partial charge on any atom is -0.412 e. The molecule has 3 heteroatoms. The van der Waals surface area contributed by atoms with Crippen LogP contribution in [-0.4, -0.2) is 5.48 Å². The van der Waals surface area contributed by atoms with Gasteiger partial charge in [0.25, 0.3) is 0 Å². The van der Waals surface area contributed by atoms with Crippen molar-refractivity contribution in [2.75, 3.05) is 9.80 Å². The molecule has 0 aromatic heterocycles. The van der Waals surface area contributed by atoms with Gasteiger partial charge < -0.3 is 15.3 Å². The summed E-state index contributed by atoms with van der Waals surface area (Å²) in [5.74, 6) is 0. The molecule has 2 N–H and O–H groups in total. The zero-order valence-corrected chi connectivity index (χ0v) is 26.0. The summed E-state index contributed by atoms with van der Waals surface area (Å²) in [4.78, 5) is 4.62. The van der Waals surface area contributed by atoms with Crippen LogP contribution >= 0.6 is 0 Å². The van der Waals surface area contributed by atoms with Gasteiger partial charge in [-0.1, -0.05) is 146 Å². The second kappa shape index (κ2) is 14.7. The molecule has 0 bridgehead atoms. The maximum atomic E-state index is 2.31. The highest BCUT2D eigenvalue weighted by molar-refractivity contribution is 6.00. The lowest BCUT2D eigenvalue weighted by atomic mass is 10.1. The normalized spacial score (nSPS) is 10.4. The maximum Gasteiger partial charge on any atom is 0.0540 e. The molecule has 8 aromatic rings. The highest BCUT2D eigenvalue weighted by atomic mass is 16.0. The van der Waals surface area contributed by atoms with Gasteiger partial charge in [0, 0.05) is 33.5 Å². The van der Waals surface area contributed by atoms with Gasteiger partial charge in [-0.2, -0.15) is 0 Å². The standard InChI is InChI=1S/2C22H17N.H2O/c2*1-3-12-19(13-4-1)23(20-14-5-2-6-15-20)22-17-9-11-18-10-7-8-16-21(18)22;/h2*1-17H;1H2. The Labute approximate surface area is 276 Å². The van der Waals surface area contributed by atoms with E-state index in [0.29, 0.717) is 0 Å². The van der Waals surface area contributed by atoms with Crippen molar-refractivity contribution in [3.05, 3.63) is 206 Å². The molecule has 228 valence electrons. The largest absolute Gasteiger partial charge is 0.412 e. The van der Waals surface area contributed by atoms with E-state index in [4.69, 9.17) is 0 Å². The first-order valence-corrected chi connectivity index (χ1v) is 15.6. The molecule has 0 unspecified atom stereocenters. The van der Waals surface area contributed by atoms with Gasteiger partial charge >= 0.3 is 0 Å². The Bertz CT molecular complexity index is 1900. The first kappa shape index (κ1) is 30.8. The predicted molar refractivity (Wildman–Crippen MR) is 201 cm³/mol. The zero-order valence-electron chi connectivity index (χ0n) is 26.0. The van der Waals surface area contributed by atoms with Crippen molar-refractivity contribution in [2.45, 2.75) is 0 Å². The van der Waals surface area contributed by atoms with Crippen LogP contribution < -0.4 is 9.80 Å². The SMILES string of the molecule is O.c1ccc(N(c2ccccc2)c2cccc3ccccc23)cc1.c1ccc(N(c2ccccc2)c2cccc3ccccc23)cc1. The van der Waals surface area contributed by atoms with Crippen LogP contribution in [0.5, 0.6) is 0 Å². The lowest BCUT2D eigenvalue weighted by Crippen LogP contribution is -2.10. The van der Waals surface area contributed by atoms with Crippen molar-refractivity contribution in [3.8, 4) is 0 Å². The summed E-state index contributed by atoms with van der Waals surface area (Å²) in [7, 11) is 0. The van der Waals surface area contributed by atoms with E-state index < -0.39 is 0 Å². The number of hydrogen-bond acceptors (Lipinski definition) is 2. The summed E-state index contributed by atoms with van der Waals surface area (Å²) in [5, 5.41) is 5.01. The molecular formula is C44H36N2O. The van der Waals surface area contributed by atoms with Crippen molar-refractivity contribution in [2.24, 2.45) is 0 Å². The third-order valence-electron chi connectivity index (χ3n) is 8.07. The van der Waals surface area contributed by atoms with Crippen LogP contribution in [0, 0.1) is 0 Å². The fraction of sp³-hybridized carbons (Fsp3) is 0. The molecule has 8 rings (SSSR count). The molecule has 0 aliphatic heterocycles. The minimum atomic E-state index is 0. The van der Waals surface area contributed by atoms with Gasteiger partial charge in [-0.15, -0.1) is 0 Å². The molecule has 0 atom stereocenters. The van der Waals surface area contributed by atoms with Crippen molar-refractivity contribution in [1.29, 1.82) is 0 Å². The molecule has 0 aliphatic rings. The molecule has 0 aliphatic carbocycles. The van der Waals surface area contributed by atoms with E-state index in [9.17, 15) is 0 Å². The fourth-order valence-electron chi connectivity index (χ4n) is 5.97. The average molecular weight is 609 g/mol. The first-order chi connectivity index (χ1) is 22.9. The van der Waals surface area contributed by atoms with Crippen molar-refractivity contribution in [3.63, 3.8) is 0 Å². The van der Waals surface area contributed by atoms with Gasteiger partial charge in [0.05, 0.1) is 11.4 Å². The first-order valence-electron chi connectivity index (χ1n) is 15.6. The third kappa shape index (κ3) is 6.76. The summed E-state index contributed by atoms with van der Waals surface area (Å²) in [5.41, 5.74) is 7.04. The molecule has 0 spiro atoms. The van der Waals surface area contributed by atoms with Crippen molar-refractivity contribution < 1.29 is 5.48 Å². The van der Waals surface area contributed by atoms with Gasteiger partial charge in [-0.25, -0.2) is 0 Å². The molecule has 0 saturated heterocycles. The molecule has 47 heavy (non-hydrogen) atoms. The highest BCUT2D eigenvalue weighted by Crippen LogP contribution is 2.39. The van der Waals surface area contributed by atoms with Crippen LogP contribution in [-0.2, 0) is 0 Å². The van der Waals surface area contributed by atoms with Gasteiger partial charge in [-0.3, -0.25) is 0 Å². The molecule has 0 fully saturated rings. The van der Waals surface area contributed by atoms with Crippen LogP contribution in [0.3, 0.4) is 0 Å². The third-order valence-corrected chi connectivity index (χ3v) is 8.07. The van der Waals surface area contributed by atoms with E-state index in [-0.39, 0.29) is 5.48 Å². The summed E-state index contributed by atoms with van der Waals surface area (Å²) < 4.78 is 0. The van der Waals surface area contributed by atoms with E-state index in [0.717, 1.165) is 22.7 Å². The number of benzene rings is 8. The molecular weight excluding hydrogens is 572 g/mol. The number of fused-ring (bicyclic) bond motifs is 2. The summed E-state index contributed by atoms with van der Waals surface area (Å²) in [6.45, 7) is 0. The van der Waals surface area contributed by atoms with Crippen LogP contribution in [0.15, 0.2) is 206 Å². The maximum absolute atomic E-state index is 2.31. The smallest absolute Gasteiger partial charge is 0.0540 e. The number of nitrogens with zero attached hydrogens (tertiary/aromatic N) is 2. The molecule has 0 saturated carbocycles. The van der Waals surface area contributed by atoms with E-state index in [1.54, 1.807) is 0 Å². The van der Waals surface area contributed by atoms with Gasteiger partial charge in [0.1, 0.15) is 0 Å². The molecule has 0 amide bonds. The Morgan fingerprint density at radius 3 is 0.809 bits per heavy atom. The van der Waals surface area contributed by atoms with Gasteiger partial charge in [0.2, 0.25) is 0 Å². The Hall–Kier alpha value is -6.16. The number of hydrogen-bond donors (Lipinski definition) is 0. The van der Waals surface area contributed by atoms with Crippen LogP contribution in [0.1, 0.15) is 0 Å². The number of para-hydroxylation sites is 4. The molecule has 0 radical (unpaired) electrons. The van der Waals surface area contributed by atoms with Crippen molar-refractivity contribution >= 4 is 55.7 Å². The highest BCUT2D eigenvalue weighted by Gasteiger charge is 2.15. The Morgan fingerprint density at radius 1 is 0.234 bits per heavy atom. The molecule has 3 nitrogen and oxygen atoms in total.